The average molecular weight is 523 g/mol. The minimum Gasteiger partial charge on any atom is -0.405 e. The van der Waals surface area contributed by atoms with Crippen molar-refractivity contribution in [1.82, 2.24) is 0 Å². The topological polar surface area (TPSA) is 208 Å². The summed E-state index contributed by atoms with van der Waals surface area (Å²) < 4.78 is 76.7. The first-order chi connectivity index (χ1) is 5.20. The molecule has 0 heterocycles. The van der Waals surface area contributed by atoms with Gasteiger partial charge in [-0.1, -0.05) is 0 Å². The average Bonchev–Trinajstić information content (AvgIpc) is 1.54. The molecule has 0 aliphatic rings. The monoisotopic (exact) mass is 520 g/mol. The summed E-state index contributed by atoms with van der Waals surface area (Å²) in [6, 6.07) is 0. The second-order valence-corrected chi connectivity index (χ2v) is 2.95. The van der Waals surface area contributed by atoms with Crippen LogP contribution in [0.4, 0.5) is 0 Å². The summed E-state index contributed by atoms with van der Waals surface area (Å²) in [6.07, 6.45) is 0. The van der Waals surface area contributed by atoms with Crippen molar-refractivity contribution in [2.75, 3.05) is 0 Å². The number of hydrogen-bond donors (Lipinski definition) is 0. The fourth-order valence-electron chi connectivity index (χ4n) is 0. The van der Waals surface area contributed by atoms with Crippen molar-refractivity contribution in [3.05, 3.63) is 0 Å². The van der Waals surface area contributed by atoms with Crippen molar-refractivity contribution in [3.63, 3.8) is 0 Å². The summed E-state index contributed by atoms with van der Waals surface area (Å²) in [5, 5.41) is 0. The Bertz CT molecular complexity index is 43.4. The predicted molar refractivity (Wildman–Crippen MR) is 0 cm³/mol. The van der Waals surface area contributed by atoms with E-state index in [9.17, 15) is 0 Å². The smallest absolute Gasteiger partial charge is 0.405 e. The molecular formula is Br3LaO9. The van der Waals surface area contributed by atoms with Crippen LogP contribution in [0.1, 0.15) is 0 Å². The summed E-state index contributed by atoms with van der Waals surface area (Å²) in [6.45, 7) is 0. The molecule has 0 N–H and O–H groups in total. The Morgan fingerprint density at radius 1 is 0.385 bits per heavy atom. The quantitative estimate of drug-likeness (QED) is 0.295. The van der Waals surface area contributed by atoms with Crippen LogP contribution >= 0.6 is 0 Å². The summed E-state index contributed by atoms with van der Waals surface area (Å²) in [4.78, 5) is 0. The van der Waals surface area contributed by atoms with Gasteiger partial charge >= 0.3 is 35.6 Å². The molecule has 0 aliphatic heterocycles. The minimum absolute atomic E-state index is 0. The molecule has 0 fully saturated rings. The van der Waals surface area contributed by atoms with E-state index in [1.54, 1.807) is 0 Å². The summed E-state index contributed by atoms with van der Waals surface area (Å²) in [5.74, 6) is 0. The van der Waals surface area contributed by atoms with Gasteiger partial charge in [-0.2, -0.15) is 0 Å². The van der Waals surface area contributed by atoms with Gasteiger partial charge in [-0.3, -0.25) is 0 Å². The van der Waals surface area contributed by atoms with Crippen molar-refractivity contribution < 1.29 is 118 Å². The molecule has 9 nitrogen and oxygen atoms in total. The van der Waals surface area contributed by atoms with Crippen LogP contribution < -0.4 is 37.8 Å². The molecule has 78 valence electrons. The molecular weight excluding hydrogens is 523 g/mol. The zero-order chi connectivity index (χ0) is 10.7. The van der Waals surface area contributed by atoms with Crippen molar-refractivity contribution in [2.24, 2.45) is 0 Å². The largest absolute Gasteiger partial charge is 3.00 e. The first kappa shape index (κ1) is 24.5. The minimum atomic E-state index is -3.65. The van der Waals surface area contributed by atoms with E-state index in [4.69, 9.17) is 37.8 Å². The van der Waals surface area contributed by atoms with Gasteiger partial charge in [-0.25, -0.2) is 0 Å². The van der Waals surface area contributed by atoms with Crippen LogP contribution in [0, 0.1) is 80.0 Å². The van der Waals surface area contributed by atoms with Gasteiger partial charge in [0.1, 0.15) is 0 Å². The van der Waals surface area contributed by atoms with E-state index >= 15 is 0 Å². The summed E-state index contributed by atoms with van der Waals surface area (Å²) in [7, 11) is 0. The van der Waals surface area contributed by atoms with E-state index in [2.05, 4.69) is 0 Å². The molecule has 0 amide bonds. The Labute approximate surface area is 116 Å². The Morgan fingerprint density at radius 3 is 0.385 bits per heavy atom. The maximum absolute atomic E-state index is 8.52. The second kappa shape index (κ2) is 19.8. The van der Waals surface area contributed by atoms with Crippen LogP contribution in [-0.2, 0) is 0 Å². The first-order valence-electron chi connectivity index (χ1n) is 1.39. The molecule has 0 aromatic rings. The zero-order valence-electron chi connectivity index (χ0n) is 5.39. The standard InChI is InChI=1S/3BrO3.La/c3*2-1(3)4;/q3*-1;+3. The molecule has 13 heavy (non-hydrogen) atoms. The normalized spacial score (nSPS) is 8.31. The molecule has 0 rings (SSSR count). The molecule has 0 saturated heterocycles. The molecule has 0 aromatic heterocycles. The van der Waals surface area contributed by atoms with Gasteiger partial charge in [0.25, 0.3) is 0 Å². The van der Waals surface area contributed by atoms with Crippen LogP contribution in [0.3, 0.4) is 0 Å². The molecule has 0 bridgehead atoms. The third kappa shape index (κ3) is 416. The molecule has 0 aromatic carbocycles. The van der Waals surface area contributed by atoms with E-state index < -0.39 is 44.4 Å². The zero-order valence-corrected chi connectivity index (χ0v) is 13.8. The Balaban J connectivity index is -0.0000000450. The Hall–Kier alpha value is 2.27. The van der Waals surface area contributed by atoms with Crippen molar-refractivity contribution in [1.29, 1.82) is 0 Å². The van der Waals surface area contributed by atoms with Gasteiger partial charge in [-0.15, -0.1) is 0 Å². The van der Waals surface area contributed by atoms with Crippen LogP contribution in [0.5, 0.6) is 0 Å². The van der Waals surface area contributed by atoms with E-state index in [1.165, 1.54) is 0 Å². The molecule has 0 aliphatic carbocycles. The van der Waals surface area contributed by atoms with Crippen molar-refractivity contribution in [3.8, 4) is 0 Å². The van der Waals surface area contributed by atoms with E-state index in [0.29, 0.717) is 0 Å². The predicted octanol–water partition coefficient (Wildman–Crippen LogP) is -10.7. The fraction of sp³-hybridized carbons (Fsp3) is 0. The first-order valence-corrected chi connectivity index (χ1v) is 7.22. The van der Waals surface area contributed by atoms with E-state index in [0.717, 1.165) is 0 Å². The molecule has 0 radical (unpaired) electrons. The van der Waals surface area contributed by atoms with E-state index in [-0.39, 0.29) is 35.6 Å². The van der Waals surface area contributed by atoms with Gasteiger partial charge in [0.2, 0.25) is 44.4 Å². The van der Waals surface area contributed by atoms with Crippen LogP contribution in [0.2, 0.25) is 0 Å². The molecule has 0 atom stereocenters. The van der Waals surface area contributed by atoms with Gasteiger partial charge < -0.3 is 37.8 Å². The maximum atomic E-state index is 8.52. The molecule has 0 saturated carbocycles. The second-order valence-electron chi connectivity index (χ2n) is 0.567. The van der Waals surface area contributed by atoms with Gasteiger partial charge in [0.15, 0.2) is 0 Å². The van der Waals surface area contributed by atoms with Crippen LogP contribution in [0.25, 0.3) is 0 Å². The van der Waals surface area contributed by atoms with Crippen molar-refractivity contribution in [2.45, 2.75) is 0 Å². The summed E-state index contributed by atoms with van der Waals surface area (Å²) >= 11 is -10.9. The van der Waals surface area contributed by atoms with E-state index in [1.807, 2.05) is 0 Å². The molecule has 13 heteroatoms. The number of hydrogen-bond acceptors (Lipinski definition) is 9. The van der Waals surface area contributed by atoms with Gasteiger partial charge in [0.05, 0.1) is 0 Å². The Morgan fingerprint density at radius 2 is 0.385 bits per heavy atom. The third-order valence-corrected chi connectivity index (χ3v) is 0. The van der Waals surface area contributed by atoms with Gasteiger partial charge in [0, 0.05) is 0 Å². The van der Waals surface area contributed by atoms with Crippen LogP contribution in [0.15, 0.2) is 0 Å². The molecule has 0 spiro atoms. The van der Waals surface area contributed by atoms with Crippen molar-refractivity contribution >= 4 is 0 Å². The Kier molecular flexibility index (Phi) is 37.3. The fourth-order valence-corrected chi connectivity index (χ4v) is 0. The number of halogens is 3. The summed E-state index contributed by atoms with van der Waals surface area (Å²) in [5.41, 5.74) is 0. The molecule has 0 unspecified atom stereocenters. The maximum Gasteiger partial charge on any atom is 3.00 e. The van der Waals surface area contributed by atoms with Gasteiger partial charge in [-0.05, 0) is 0 Å². The SMILES string of the molecule is [La+3].[O-][Br+2]([O-])[O-].[O-][Br+2]([O-])[O-].[O-][Br+2]([O-])[O-]. The van der Waals surface area contributed by atoms with Crippen LogP contribution in [-0.4, -0.2) is 0 Å². The number of rotatable bonds is 0. The third-order valence-electron chi connectivity index (χ3n) is 0.